The lowest BCUT2D eigenvalue weighted by molar-refractivity contribution is -0.133. The summed E-state index contributed by atoms with van der Waals surface area (Å²) in [7, 11) is -3.81. The Hall–Kier alpha value is -2.32. The molecule has 1 fully saturated rings. The first kappa shape index (κ1) is 19.4. The number of hydrogen-bond acceptors (Lipinski definition) is 3. The van der Waals surface area contributed by atoms with Gasteiger partial charge in [0.05, 0.1) is 10.8 Å². The quantitative estimate of drug-likeness (QED) is 0.801. The van der Waals surface area contributed by atoms with E-state index in [2.05, 4.69) is 0 Å². The summed E-state index contributed by atoms with van der Waals surface area (Å²) in [5, 5.41) is 0. The Labute approximate surface area is 157 Å². The molecule has 144 valence electrons. The van der Waals surface area contributed by atoms with Gasteiger partial charge in [-0.3, -0.25) is 4.79 Å². The maximum absolute atomic E-state index is 13.4. The molecule has 0 aliphatic carbocycles. The Bertz CT molecular complexity index is 941. The van der Waals surface area contributed by atoms with Crippen molar-refractivity contribution in [3.8, 4) is 0 Å². The highest BCUT2D eigenvalue weighted by atomic mass is 32.2. The van der Waals surface area contributed by atoms with E-state index in [4.69, 9.17) is 0 Å². The molecule has 0 aromatic heterocycles. The molecule has 1 heterocycles. The van der Waals surface area contributed by atoms with Crippen LogP contribution in [0.3, 0.4) is 0 Å². The van der Waals surface area contributed by atoms with Crippen LogP contribution in [0.2, 0.25) is 0 Å². The van der Waals surface area contributed by atoms with Crippen LogP contribution in [-0.4, -0.2) is 49.7 Å². The number of halogens is 2. The van der Waals surface area contributed by atoms with E-state index in [1.165, 1.54) is 34.6 Å². The average molecular weight is 394 g/mol. The Morgan fingerprint density at radius 2 is 1.56 bits per heavy atom. The van der Waals surface area contributed by atoms with Gasteiger partial charge in [-0.1, -0.05) is 18.2 Å². The van der Waals surface area contributed by atoms with Crippen LogP contribution in [0, 0.1) is 11.6 Å². The highest BCUT2D eigenvalue weighted by molar-refractivity contribution is 7.89. The Morgan fingerprint density at radius 1 is 0.963 bits per heavy atom. The number of hydrogen-bond donors (Lipinski definition) is 0. The number of rotatable bonds is 4. The molecule has 0 bridgehead atoms. The summed E-state index contributed by atoms with van der Waals surface area (Å²) < 4.78 is 53.2. The maximum Gasteiger partial charge on any atom is 0.243 e. The number of carbonyl (C=O) groups is 1. The predicted octanol–water partition coefficient (Wildman–Crippen LogP) is 2.60. The van der Waals surface area contributed by atoms with Crippen molar-refractivity contribution in [3.05, 3.63) is 65.7 Å². The van der Waals surface area contributed by atoms with E-state index in [1.54, 1.807) is 24.0 Å². The molecule has 8 heteroatoms. The molecule has 1 amide bonds. The van der Waals surface area contributed by atoms with E-state index in [1.807, 2.05) is 0 Å². The van der Waals surface area contributed by atoms with Crippen LogP contribution in [-0.2, 0) is 14.8 Å². The van der Waals surface area contributed by atoms with E-state index < -0.39 is 27.6 Å². The highest BCUT2D eigenvalue weighted by Gasteiger charge is 2.32. The molecule has 1 atom stereocenters. The van der Waals surface area contributed by atoms with Crippen LogP contribution in [0.25, 0.3) is 0 Å². The van der Waals surface area contributed by atoms with Gasteiger partial charge in [0.2, 0.25) is 15.9 Å². The Kier molecular flexibility index (Phi) is 5.57. The molecule has 1 unspecified atom stereocenters. The number of amides is 1. The first-order valence-electron chi connectivity index (χ1n) is 8.59. The summed E-state index contributed by atoms with van der Waals surface area (Å²) in [6.07, 6.45) is 0. The predicted molar refractivity (Wildman–Crippen MR) is 96.6 cm³/mol. The van der Waals surface area contributed by atoms with Crippen LogP contribution in [0.4, 0.5) is 8.78 Å². The van der Waals surface area contributed by atoms with Crippen molar-refractivity contribution in [2.45, 2.75) is 17.7 Å². The monoisotopic (exact) mass is 394 g/mol. The van der Waals surface area contributed by atoms with Gasteiger partial charge in [0.15, 0.2) is 0 Å². The van der Waals surface area contributed by atoms with Crippen LogP contribution in [0.15, 0.2) is 53.4 Å². The molecule has 0 saturated carbocycles. The van der Waals surface area contributed by atoms with E-state index in [0.29, 0.717) is 5.56 Å². The van der Waals surface area contributed by atoms with Gasteiger partial charge in [-0.15, -0.1) is 0 Å². The average Bonchev–Trinajstić information content (AvgIpc) is 2.67. The fourth-order valence-corrected chi connectivity index (χ4v) is 4.57. The minimum absolute atomic E-state index is 0.101. The van der Waals surface area contributed by atoms with Gasteiger partial charge < -0.3 is 4.90 Å². The molecule has 2 aromatic carbocycles. The molecule has 2 aromatic rings. The lowest BCUT2D eigenvalue weighted by atomic mass is 9.99. The maximum atomic E-state index is 13.4. The van der Waals surface area contributed by atoms with Gasteiger partial charge in [-0.2, -0.15) is 4.31 Å². The first-order valence-corrected chi connectivity index (χ1v) is 10.0. The largest absolute Gasteiger partial charge is 0.340 e. The van der Waals surface area contributed by atoms with E-state index in [9.17, 15) is 22.0 Å². The molecule has 1 saturated heterocycles. The van der Waals surface area contributed by atoms with Crippen molar-refractivity contribution in [1.29, 1.82) is 0 Å². The van der Waals surface area contributed by atoms with Gasteiger partial charge in [0.25, 0.3) is 0 Å². The highest BCUT2D eigenvalue weighted by Crippen LogP contribution is 2.22. The second kappa shape index (κ2) is 7.74. The molecule has 27 heavy (non-hydrogen) atoms. The van der Waals surface area contributed by atoms with Crippen LogP contribution >= 0.6 is 0 Å². The first-order chi connectivity index (χ1) is 12.8. The van der Waals surface area contributed by atoms with Crippen molar-refractivity contribution in [3.63, 3.8) is 0 Å². The molecular formula is C19H20F2N2O3S. The smallest absolute Gasteiger partial charge is 0.243 e. The molecule has 0 N–H and O–H groups in total. The molecular weight excluding hydrogens is 374 g/mol. The third-order valence-corrected chi connectivity index (χ3v) is 6.60. The number of benzene rings is 2. The molecule has 0 spiro atoms. The number of nitrogens with zero attached hydrogens (tertiary/aromatic N) is 2. The lowest BCUT2D eigenvalue weighted by Gasteiger charge is -2.35. The summed E-state index contributed by atoms with van der Waals surface area (Å²) in [4.78, 5) is 14.1. The van der Waals surface area contributed by atoms with Gasteiger partial charge in [0.1, 0.15) is 11.6 Å². The third-order valence-electron chi connectivity index (χ3n) is 4.70. The van der Waals surface area contributed by atoms with Crippen LogP contribution in [0.1, 0.15) is 18.4 Å². The fraction of sp³-hybridized carbons (Fsp3) is 0.316. The number of piperazine rings is 1. The van der Waals surface area contributed by atoms with Gasteiger partial charge in [0, 0.05) is 26.2 Å². The Balaban J connectivity index is 1.67. The number of carbonyl (C=O) groups excluding carboxylic acids is 1. The van der Waals surface area contributed by atoms with Crippen molar-refractivity contribution >= 4 is 15.9 Å². The van der Waals surface area contributed by atoms with Gasteiger partial charge in [-0.25, -0.2) is 17.2 Å². The van der Waals surface area contributed by atoms with Crippen molar-refractivity contribution in [2.24, 2.45) is 0 Å². The SMILES string of the molecule is CC(C(=O)N1CCN(S(=O)(=O)c2cccc(F)c2)CC1)c1cccc(F)c1. The topological polar surface area (TPSA) is 57.7 Å². The van der Waals surface area contributed by atoms with Crippen LogP contribution < -0.4 is 0 Å². The second-order valence-electron chi connectivity index (χ2n) is 6.46. The van der Waals surface area contributed by atoms with Crippen molar-refractivity contribution in [1.82, 2.24) is 9.21 Å². The molecule has 1 aliphatic rings. The zero-order chi connectivity index (χ0) is 19.6. The van der Waals surface area contributed by atoms with Gasteiger partial charge in [-0.05, 0) is 42.8 Å². The van der Waals surface area contributed by atoms with Crippen LogP contribution in [0.5, 0.6) is 0 Å². The molecule has 3 rings (SSSR count). The van der Waals surface area contributed by atoms with E-state index >= 15 is 0 Å². The molecule has 5 nitrogen and oxygen atoms in total. The lowest BCUT2D eigenvalue weighted by Crippen LogP contribution is -2.51. The fourth-order valence-electron chi connectivity index (χ4n) is 3.12. The third kappa shape index (κ3) is 4.17. The summed E-state index contributed by atoms with van der Waals surface area (Å²) in [6, 6.07) is 10.8. The molecule has 0 radical (unpaired) electrons. The minimum atomic E-state index is -3.81. The van der Waals surface area contributed by atoms with Crippen molar-refractivity contribution < 1.29 is 22.0 Å². The van der Waals surface area contributed by atoms with E-state index in [-0.39, 0.29) is 37.0 Å². The van der Waals surface area contributed by atoms with Crippen molar-refractivity contribution in [2.75, 3.05) is 26.2 Å². The zero-order valence-electron chi connectivity index (χ0n) is 14.8. The Morgan fingerprint density at radius 3 is 2.15 bits per heavy atom. The second-order valence-corrected chi connectivity index (χ2v) is 8.40. The summed E-state index contributed by atoms with van der Waals surface area (Å²) >= 11 is 0. The summed E-state index contributed by atoms with van der Waals surface area (Å²) in [6.45, 7) is 2.41. The standard InChI is InChI=1S/C19H20F2N2O3S/c1-14(15-4-2-5-16(20)12-15)19(24)22-8-10-23(11-9-22)27(25,26)18-7-3-6-17(21)13-18/h2-7,12-14H,8-11H2,1H3. The number of sulfonamides is 1. The summed E-state index contributed by atoms with van der Waals surface area (Å²) in [5.74, 6) is -1.72. The van der Waals surface area contributed by atoms with E-state index in [0.717, 1.165) is 6.07 Å². The molecule has 1 aliphatic heterocycles. The normalized spacial score (nSPS) is 16.9. The minimum Gasteiger partial charge on any atom is -0.340 e. The summed E-state index contributed by atoms with van der Waals surface area (Å²) in [5.41, 5.74) is 0.579. The zero-order valence-corrected chi connectivity index (χ0v) is 15.6. The van der Waals surface area contributed by atoms with Gasteiger partial charge >= 0.3 is 0 Å².